The fourth-order valence-electron chi connectivity index (χ4n) is 5.45. The van der Waals surface area contributed by atoms with Crippen molar-refractivity contribution >= 4 is 69.4 Å². The maximum Gasteiger partial charge on any atom is 0.264 e. The first-order chi connectivity index (χ1) is 20.9. The summed E-state index contributed by atoms with van der Waals surface area (Å²) in [7, 11) is 0. The lowest BCUT2D eigenvalue weighted by atomic mass is 10.00. The van der Waals surface area contributed by atoms with Gasteiger partial charge < -0.3 is 10.6 Å². The molecule has 1 fully saturated rings. The Morgan fingerprint density at radius 3 is 2.18 bits per heavy atom. The topological polar surface area (TPSA) is 142 Å². The maximum atomic E-state index is 13.3. The predicted octanol–water partition coefficient (Wildman–Crippen LogP) is 4.49. The Labute approximate surface area is 268 Å². The van der Waals surface area contributed by atoms with E-state index in [0.29, 0.717) is 11.5 Å². The summed E-state index contributed by atoms with van der Waals surface area (Å²) in [6.45, 7) is 6.26. The number of aryl methyl sites for hydroxylation is 1. The zero-order chi connectivity index (χ0) is 31.7. The van der Waals surface area contributed by atoms with Crippen LogP contribution in [0.25, 0.3) is 0 Å². The summed E-state index contributed by atoms with van der Waals surface area (Å²) in [4.78, 5) is 76.8. The van der Waals surface area contributed by atoms with Crippen molar-refractivity contribution in [1.82, 2.24) is 10.2 Å². The molecule has 0 saturated carbocycles. The van der Waals surface area contributed by atoms with Crippen molar-refractivity contribution in [3.8, 4) is 0 Å². The first-order valence-corrected chi connectivity index (χ1v) is 15.3. The SMILES string of the molecule is Cc1cc(NC(=O)Cc2ccc(CC(=O)Nc3cccc4c3C(=O)N(C3CCC(=O)NC3=O)C4=O)cc2)cc(C(C)C)c1I. The number of nitrogens with one attached hydrogen (secondary N) is 3. The van der Waals surface area contributed by atoms with Gasteiger partial charge in [-0.2, -0.15) is 0 Å². The molecule has 0 aliphatic carbocycles. The number of amides is 6. The van der Waals surface area contributed by atoms with E-state index in [0.717, 1.165) is 21.7 Å². The van der Waals surface area contributed by atoms with E-state index in [2.05, 4.69) is 52.4 Å². The van der Waals surface area contributed by atoms with Crippen molar-refractivity contribution in [2.75, 3.05) is 10.6 Å². The Bertz CT molecular complexity index is 1720. The number of anilines is 2. The minimum atomic E-state index is -1.09. The summed E-state index contributed by atoms with van der Waals surface area (Å²) >= 11 is 2.33. The van der Waals surface area contributed by atoms with Gasteiger partial charge in [-0.25, -0.2) is 0 Å². The highest BCUT2D eigenvalue weighted by molar-refractivity contribution is 14.1. The van der Waals surface area contributed by atoms with Crippen LogP contribution >= 0.6 is 22.6 Å². The van der Waals surface area contributed by atoms with Crippen molar-refractivity contribution in [1.29, 1.82) is 0 Å². The van der Waals surface area contributed by atoms with Gasteiger partial charge in [0.15, 0.2) is 0 Å². The van der Waals surface area contributed by atoms with E-state index in [-0.39, 0.29) is 48.4 Å². The van der Waals surface area contributed by atoms with Gasteiger partial charge in [0.2, 0.25) is 23.6 Å². The molecule has 2 aliphatic heterocycles. The molecule has 0 bridgehead atoms. The van der Waals surface area contributed by atoms with Crippen LogP contribution in [0.1, 0.15) is 75.6 Å². The zero-order valence-electron chi connectivity index (χ0n) is 24.5. The van der Waals surface area contributed by atoms with E-state index in [1.165, 1.54) is 21.3 Å². The molecule has 6 amide bonds. The molecule has 1 saturated heterocycles. The molecule has 3 aromatic carbocycles. The van der Waals surface area contributed by atoms with Gasteiger partial charge in [-0.05, 0) is 88.4 Å². The van der Waals surface area contributed by atoms with Crippen molar-refractivity contribution in [3.63, 3.8) is 0 Å². The van der Waals surface area contributed by atoms with Crippen LogP contribution in [0, 0.1) is 10.5 Å². The Morgan fingerprint density at radius 2 is 1.57 bits per heavy atom. The summed E-state index contributed by atoms with van der Waals surface area (Å²) in [5.74, 6) is -2.71. The maximum absolute atomic E-state index is 13.3. The number of imide groups is 2. The van der Waals surface area contributed by atoms with E-state index in [1.807, 2.05) is 19.1 Å². The minimum Gasteiger partial charge on any atom is -0.326 e. The molecule has 3 aromatic rings. The molecule has 11 heteroatoms. The fourth-order valence-corrected chi connectivity index (χ4v) is 6.39. The van der Waals surface area contributed by atoms with Gasteiger partial charge in [-0.3, -0.25) is 39.0 Å². The molecule has 44 heavy (non-hydrogen) atoms. The molecule has 1 unspecified atom stereocenters. The largest absolute Gasteiger partial charge is 0.326 e. The molecule has 0 radical (unpaired) electrons. The average Bonchev–Trinajstić information content (AvgIpc) is 3.21. The highest BCUT2D eigenvalue weighted by Gasteiger charge is 2.45. The number of halogens is 1. The van der Waals surface area contributed by atoms with Gasteiger partial charge in [0.05, 0.1) is 29.7 Å². The minimum absolute atomic E-state index is 0.00492. The summed E-state index contributed by atoms with van der Waals surface area (Å²) in [6, 6.07) is 14.5. The van der Waals surface area contributed by atoms with Gasteiger partial charge in [0.1, 0.15) is 6.04 Å². The number of benzene rings is 3. The molecule has 10 nitrogen and oxygen atoms in total. The molecule has 2 aliphatic rings. The molecule has 3 N–H and O–H groups in total. The van der Waals surface area contributed by atoms with Crippen LogP contribution in [-0.4, -0.2) is 46.4 Å². The van der Waals surface area contributed by atoms with Gasteiger partial charge in [-0.1, -0.05) is 44.2 Å². The number of carbonyl (C=O) groups excluding carboxylic acids is 6. The molecule has 1 atom stereocenters. The summed E-state index contributed by atoms with van der Waals surface area (Å²) in [5.41, 5.74) is 4.81. The van der Waals surface area contributed by atoms with Gasteiger partial charge in [0.25, 0.3) is 11.8 Å². The fraction of sp³-hybridized carbons (Fsp3) is 0.273. The van der Waals surface area contributed by atoms with E-state index in [4.69, 9.17) is 0 Å². The highest BCUT2D eigenvalue weighted by atomic mass is 127. The smallest absolute Gasteiger partial charge is 0.264 e. The third-order valence-electron chi connectivity index (χ3n) is 7.68. The zero-order valence-corrected chi connectivity index (χ0v) is 26.6. The summed E-state index contributed by atoms with van der Waals surface area (Å²) in [5, 5.41) is 7.87. The Kier molecular flexibility index (Phi) is 8.95. The molecular formula is C33H31IN4O6. The quantitative estimate of drug-likeness (QED) is 0.233. The first-order valence-electron chi connectivity index (χ1n) is 14.2. The molecule has 5 rings (SSSR count). The van der Waals surface area contributed by atoms with Crippen LogP contribution in [0.3, 0.4) is 0 Å². The summed E-state index contributed by atoms with van der Waals surface area (Å²) in [6.07, 6.45) is 0.224. The molecular weight excluding hydrogens is 675 g/mol. The second-order valence-corrected chi connectivity index (χ2v) is 12.4. The van der Waals surface area contributed by atoms with Crippen molar-refractivity contribution in [3.05, 3.63) is 91.5 Å². The Hall–Kier alpha value is -4.39. The van der Waals surface area contributed by atoms with Crippen LogP contribution in [0.4, 0.5) is 11.4 Å². The van der Waals surface area contributed by atoms with Gasteiger partial charge in [0, 0.05) is 15.7 Å². The van der Waals surface area contributed by atoms with Crippen molar-refractivity contribution in [2.24, 2.45) is 0 Å². The van der Waals surface area contributed by atoms with Crippen LogP contribution in [-0.2, 0) is 32.0 Å². The third-order valence-corrected chi connectivity index (χ3v) is 9.16. The van der Waals surface area contributed by atoms with Crippen molar-refractivity contribution in [2.45, 2.75) is 58.4 Å². The number of fused-ring (bicyclic) bond motifs is 1. The highest BCUT2D eigenvalue weighted by Crippen LogP contribution is 2.32. The van der Waals surface area contributed by atoms with Crippen LogP contribution < -0.4 is 16.0 Å². The van der Waals surface area contributed by atoms with Gasteiger partial charge >= 0.3 is 0 Å². The van der Waals surface area contributed by atoms with Crippen LogP contribution in [0.15, 0.2) is 54.6 Å². The Balaban J connectivity index is 1.21. The van der Waals surface area contributed by atoms with Crippen LogP contribution in [0.5, 0.6) is 0 Å². The number of hydrogen-bond acceptors (Lipinski definition) is 6. The number of hydrogen-bond donors (Lipinski definition) is 3. The predicted molar refractivity (Wildman–Crippen MR) is 172 cm³/mol. The lowest BCUT2D eigenvalue weighted by Crippen LogP contribution is -2.54. The molecule has 0 aromatic heterocycles. The van der Waals surface area contributed by atoms with Crippen molar-refractivity contribution < 1.29 is 28.8 Å². The monoisotopic (exact) mass is 706 g/mol. The number of carbonyl (C=O) groups is 6. The lowest BCUT2D eigenvalue weighted by Gasteiger charge is -2.27. The summed E-state index contributed by atoms with van der Waals surface area (Å²) < 4.78 is 1.20. The first kappa shape index (κ1) is 31.0. The normalized spacial score (nSPS) is 16.2. The van der Waals surface area contributed by atoms with E-state index >= 15 is 0 Å². The van der Waals surface area contributed by atoms with Crippen LogP contribution in [0.2, 0.25) is 0 Å². The third kappa shape index (κ3) is 6.42. The molecule has 2 heterocycles. The number of rotatable bonds is 8. The lowest BCUT2D eigenvalue weighted by molar-refractivity contribution is -0.136. The average molecular weight is 707 g/mol. The Morgan fingerprint density at radius 1 is 0.932 bits per heavy atom. The molecule has 0 spiro atoms. The number of piperidine rings is 1. The van der Waals surface area contributed by atoms with Gasteiger partial charge in [-0.15, -0.1) is 0 Å². The number of nitrogens with zero attached hydrogens (tertiary/aromatic N) is 1. The second kappa shape index (κ2) is 12.7. The van der Waals surface area contributed by atoms with E-state index in [9.17, 15) is 28.8 Å². The molecule has 226 valence electrons. The standard InChI is InChI=1S/C33H31IN4O6/c1-17(2)23-16-21(13-18(3)30(23)34)35-27(40)14-19-7-9-20(10-8-19)15-28(41)36-24-6-4-5-22-29(24)33(44)38(32(22)43)25-11-12-26(39)37-31(25)42/h4-10,13,16-17,25H,11-12,14-15H2,1-3H3,(H,35,40)(H,36,41)(H,37,39,42). The van der Waals surface area contributed by atoms with E-state index < -0.39 is 35.6 Å². The van der Waals surface area contributed by atoms with E-state index in [1.54, 1.807) is 30.3 Å². The second-order valence-electron chi connectivity index (χ2n) is 11.3.